The van der Waals surface area contributed by atoms with E-state index in [9.17, 15) is 0 Å². The van der Waals surface area contributed by atoms with E-state index >= 15 is 0 Å². The number of nitrogens with zero attached hydrogens (tertiary/aromatic N) is 2. The Hall–Kier alpha value is -3.27. The van der Waals surface area contributed by atoms with E-state index in [1.165, 1.54) is 11.1 Å². The Labute approximate surface area is 178 Å². The van der Waals surface area contributed by atoms with Crippen LogP contribution in [0.4, 0.5) is 0 Å². The molecule has 3 aromatic carbocycles. The van der Waals surface area contributed by atoms with Gasteiger partial charge in [-0.2, -0.15) is 0 Å². The van der Waals surface area contributed by atoms with Crippen LogP contribution in [0.1, 0.15) is 24.0 Å². The Morgan fingerprint density at radius 3 is 2.43 bits per heavy atom. The zero-order valence-electron chi connectivity index (χ0n) is 17.9. The normalized spacial score (nSPS) is 11.0. The van der Waals surface area contributed by atoms with E-state index in [1.807, 2.05) is 24.3 Å². The van der Waals surface area contributed by atoms with Crippen molar-refractivity contribution in [1.82, 2.24) is 9.55 Å². The van der Waals surface area contributed by atoms with Crippen molar-refractivity contribution in [3.05, 3.63) is 77.9 Å². The molecule has 4 heteroatoms. The summed E-state index contributed by atoms with van der Waals surface area (Å²) in [5, 5.41) is 0. The second kappa shape index (κ2) is 9.04. The first-order valence-electron chi connectivity index (χ1n) is 10.4. The number of aromatic nitrogens is 2. The lowest BCUT2D eigenvalue weighted by molar-refractivity contribution is 0.303. The summed E-state index contributed by atoms with van der Waals surface area (Å²) in [5.74, 6) is 2.77. The Balaban J connectivity index is 1.48. The van der Waals surface area contributed by atoms with E-state index in [2.05, 4.69) is 60.9 Å². The number of fused-ring (bicyclic) bond motifs is 1. The van der Waals surface area contributed by atoms with Gasteiger partial charge in [0.15, 0.2) is 0 Å². The molecule has 0 N–H and O–H groups in total. The van der Waals surface area contributed by atoms with Crippen molar-refractivity contribution >= 4 is 11.0 Å². The van der Waals surface area contributed by atoms with Crippen LogP contribution in [0.15, 0.2) is 66.7 Å². The highest BCUT2D eigenvalue weighted by molar-refractivity contribution is 5.80. The standard InChI is InChI=1S/C26H28N2O2/c1-19-15-20(2)17-23(16-19)30-14-7-6-13-28-25-12-5-4-11-24(25)27-26(28)21-9-8-10-22(18-21)29-3/h4-5,8-12,15-18H,6-7,13-14H2,1-3H3. The first kappa shape index (κ1) is 20.0. The molecule has 0 amide bonds. The SMILES string of the molecule is COc1cccc(-c2nc3ccccc3n2CCCCOc2cc(C)cc(C)c2)c1. The topological polar surface area (TPSA) is 36.3 Å². The zero-order valence-corrected chi connectivity index (χ0v) is 17.9. The highest BCUT2D eigenvalue weighted by Crippen LogP contribution is 2.28. The third kappa shape index (κ3) is 4.48. The van der Waals surface area contributed by atoms with E-state index < -0.39 is 0 Å². The third-order valence-corrected chi connectivity index (χ3v) is 5.22. The van der Waals surface area contributed by atoms with E-state index in [4.69, 9.17) is 14.5 Å². The monoisotopic (exact) mass is 400 g/mol. The molecule has 4 nitrogen and oxygen atoms in total. The summed E-state index contributed by atoms with van der Waals surface area (Å²) in [6, 6.07) is 22.8. The molecular weight excluding hydrogens is 372 g/mol. The van der Waals surface area contributed by atoms with E-state index in [0.29, 0.717) is 6.61 Å². The molecule has 0 spiro atoms. The van der Waals surface area contributed by atoms with Crippen molar-refractivity contribution < 1.29 is 9.47 Å². The van der Waals surface area contributed by atoms with Gasteiger partial charge in [-0.25, -0.2) is 4.98 Å². The van der Waals surface area contributed by atoms with Gasteiger partial charge in [0.25, 0.3) is 0 Å². The fourth-order valence-corrected chi connectivity index (χ4v) is 3.86. The number of unbranched alkanes of at least 4 members (excludes halogenated alkanes) is 1. The molecule has 0 aliphatic rings. The second-order valence-electron chi connectivity index (χ2n) is 7.69. The van der Waals surface area contributed by atoms with Gasteiger partial charge in [0, 0.05) is 12.1 Å². The number of hydrogen-bond donors (Lipinski definition) is 0. The van der Waals surface area contributed by atoms with Crippen molar-refractivity contribution in [2.75, 3.05) is 13.7 Å². The van der Waals surface area contributed by atoms with Crippen molar-refractivity contribution in [3.8, 4) is 22.9 Å². The number of methoxy groups -OCH3 is 1. The van der Waals surface area contributed by atoms with Crippen LogP contribution in [0.2, 0.25) is 0 Å². The van der Waals surface area contributed by atoms with Crippen LogP contribution in [0, 0.1) is 13.8 Å². The molecular formula is C26H28N2O2. The summed E-state index contributed by atoms with van der Waals surface area (Å²) in [7, 11) is 1.69. The maximum Gasteiger partial charge on any atom is 0.141 e. The number of para-hydroxylation sites is 2. The Morgan fingerprint density at radius 1 is 0.833 bits per heavy atom. The van der Waals surface area contributed by atoms with Crippen LogP contribution in [0.25, 0.3) is 22.4 Å². The molecule has 0 atom stereocenters. The fraction of sp³-hybridized carbons (Fsp3) is 0.269. The number of hydrogen-bond acceptors (Lipinski definition) is 3. The Morgan fingerprint density at radius 2 is 1.63 bits per heavy atom. The minimum atomic E-state index is 0.712. The summed E-state index contributed by atoms with van der Waals surface area (Å²) in [4.78, 5) is 4.90. The minimum Gasteiger partial charge on any atom is -0.497 e. The number of aryl methyl sites for hydroxylation is 3. The molecule has 0 unspecified atom stereocenters. The highest BCUT2D eigenvalue weighted by atomic mass is 16.5. The molecule has 1 aromatic heterocycles. The van der Waals surface area contributed by atoms with Gasteiger partial charge >= 0.3 is 0 Å². The summed E-state index contributed by atoms with van der Waals surface area (Å²) in [5.41, 5.74) is 5.71. The van der Waals surface area contributed by atoms with Crippen LogP contribution in [-0.4, -0.2) is 23.3 Å². The van der Waals surface area contributed by atoms with Gasteiger partial charge in [-0.1, -0.05) is 30.3 Å². The van der Waals surface area contributed by atoms with Crippen LogP contribution < -0.4 is 9.47 Å². The summed E-state index contributed by atoms with van der Waals surface area (Å²) >= 11 is 0. The van der Waals surface area contributed by atoms with Gasteiger partial charge in [0.05, 0.1) is 24.8 Å². The molecule has 4 aromatic rings. The quantitative estimate of drug-likeness (QED) is 0.331. The number of imidazole rings is 1. The van der Waals surface area contributed by atoms with Crippen molar-refractivity contribution in [1.29, 1.82) is 0 Å². The van der Waals surface area contributed by atoms with Crippen LogP contribution in [0.5, 0.6) is 11.5 Å². The van der Waals surface area contributed by atoms with Crippen LogP contribution >= 0.6 is 0 Å². The van der Waals surface area contributed by atoms with E-state index in [-0.39, 0.29) is 0 Å². The van der Waals surface area contributed by atoms with Gasteiger partial charge < -0.3 is 14.0 Å². The predicted octanol–water partition coefficient (Wildman–Crippen LogP) is 6.19. The first-order valence-corrected chi connectivity index (χ1v) is 10.4. The molecule has 1 heterocycles. The van der Waals surface area contributed by atoms with Gasteiger partial charge in [-0.15, -0.1) is 0 Å². The Bertz CT molecular complexity index is 1130. The maximum atomic E-state index is 5.98. The average Bonchev–Trinajstić information content (AvgIpc) is 3.11. The largest absolute Gasteiger partial charge is 0.497 e. The summed E-state index contributed by atoms with van der Waals surface area (Å²) in [6.07, 6.45) is 2.00. The Kier molecular flexibility index (Phi) is 6.03. The first-order chi connectivity index (χ1) is 14.6. The maximum absolute atomic E-state index is 5.98. The lowest BCUT2D eigenvalue weighted by Gasteiger charge is -2.11. The highest BCUT2D eigenvalue weighted by Gasteiger charge is 2.13. The van der Waals surface area contributed by atoms with Gasteiger partial charge in [-0.05, 0) is 74.2 Å². The summed E-state index contributed by atoms with van der Waals surface area (Å²) < 4.78 is 13.7. The second-order valence-corrected chi connectivity index (χ2v) is 7.69. The van der Waals surface area contributed by atoms with Crippen LogP contribution in [0.3, 0.4) is 0 Å². The van der Waals surface area contributed by atoms with E-state index in [1.54, 1.807) is 7.11 Å². The number of benzene rings is 3. The lowest BCUT2D eigenvalue weighted by Crippen LogP contribution is -2.04. The molecule has 0 aliphatic carbocycles. The zero-order chi connectivity index (χ0) is 20.9. The third-order valence-electron chi connectivity index (χ3n) is 5.22. The predicted molar refractivity (Wildman–Crippen MR) is 122 cm³/mol. The molecule has 4 rings (SSSR count). The number of rotatable bonds is 8. The average molecular weight is 401 g/mol. The van der Waals surface area contributed by atoms with Crippen molar-refractivity contribution in [2.24, 2.45) is 0 Å². The summed E-state index contributed by atoms with van der Waals surface area (Å²) in [6.45, 7) is 5.81. The van der Waals surface area contributed by atoms with Crippen molar-refractivity contribution in [2.45, 2.75) is 33.2 Å². The molecule has 30 heavy (non-hydrogen) atoms. The van der Waals surface area contributed by atoms with Gasteiger partial charge in [-0.3, -0.25) is 0 Å². The molecule has 0 aliphatic heterocycles. The molecule has 154 valence electrons. The minimum absolute atomic E-state index is 0.712. The van der Waals surface area contributed by atoms with E-state index in [0.717, 1.165) is 53.3 Å². The fourth-order valence-electron chi connectivity index (χ4n) is 3.86. The lowest BCUT2D eigenvalue weighted by atomic mass is 10.1. The molecule has 0 fully saturated rings. The number of ether oxygens (including phenoxy) is 2. The van der Waals surface area contributed by atoms with Crippen LogP contribution in [-0.2, 0) is 6.54 Å². The smallest absolute Gasteiger partial charge is 0.141 e. The van der Waals surface area contributed by atoms with Crippen molar-refractivity contribution in [3.63, 3.8) is 0 Å². The molecule has 0 radical (unpaired) electrons. The molecule has 0 bridgehead atoms. The molecule has 0 saturated heterocycles. The van der Waals surface area contributed by atoms with Gasteiger partial charge in [0.1, 0.15) is 17.3 Å². The molecule has 0 saturated carbocycles. The van der Waals surface area contributed by atoms with Gasteiger partial charge in [0.2, 0.25) is 0 Å².